The highest BCUT2D eigenvalue weighted by molar-refractivity contribution is 5.81. The Hall–Kier alpha value is -1.07. The van der Waals surface area contributed by atoms with Crippen molar-refractivity contribution in [1.82, 2.24) is 15.1 Å². The second kappa shape index (κ2) is 5.73. The van der Waals surface area contributed by atoms with Crippen LogP contribution in [0.15, 0.2) is 17.1 Å². The van der Waals surface area contributed by atoms with Crippen molar-refractivity contribution < 1.29 is 4.74 Å². The first-order valence-electron chi connectivity index (χ1n) is 9.81. The van der Waals surface area contributed by atoms with Gasteiger partial charge in [-0.3, -0.25) is 9.89 Å². The summed E-state index contributed by atoms with van der Waals surface area (Å²) >= 11 is 0. The van der Waals surface area contributed by atoms with Crippen molar-refractivity contribution in [2.24, 2.45) is 16.3 Å². The van der Waals surface area contributed by atoms with Gasteiger partial charge in [0.05, 0.1) is 6.10 Å². The van der Waals surface area contributed by atoms with Crippen molar-refractivity contribution >= 4 is 5.96 Å². The lowest BCUT2D eigenvalue weighted by Gasteiger charge is -2.63. The van der Waals surface area contributed by atoms with Crippen molar-refractivity contribution in [3.8, 4) is 0 Å². The molecule has 0 aromatic rings. The molecule has 1 spiro atoms. The monoisotopic (exact) mass is 330 g/mol. The number of fused-ring (bicyclic) bond motifs is 2. The van der Waals surface area contributed by atoms with Gasteiger partial charge in [-0.15, -0.1) is 0 Å². The van der Waals surface area contributed by atoms with Gasteiger partial charge in [-0.25, -0.2) is 0 Å². The van der Waals surface area contributed by atoms with Crippen molar-refractivity contribution in [1.29, 1.82) is 0 Å². The highest BCUT2D eigenvalue weighted by atomic mass is 16.5. The van der Waals surface area contributed by atoms with Crippen LogP contribution in [0.1, 0.15) is 32.1 Å². The summed E-state index contributed by atoms with van der Waals surface area (Å²) in [7, 11) is 1.95. The van der Waals surface area contributed by atoms with E-state index >= 15 is 0 Å². The molecule has 5 nitrogen and oxygen atoms in total. The van der Waals surface area contributed by atoms with Crippen LogP contribution in [0, 0.1) is 11.3 Å². The number of hydrogen-bond donors (Lipinski definition) is 1. The number of rotatable bonds is 2. The fourth-order valence-electron chi connectivity index (χ4n) is 5.92. The van der Waals surface area contributed by atoms with Crippen LogP contribution in [0.5, 0.6) is 0 Å². The Balaban J connectivity index is 1.25. The number of nitrogens with zero attached hydrogens (tertiary/aromatic N) is 3. The SMILES string of the molecule is CN=C(NC1C2CCOC2C12CCC2)N1CCC(N2CC=CC2)C1. The van der Waals surface area contributed by atoms with Crippen molar-refractivity contribution in [3.63, 3.8) is 0 Å². The molecule has 2 aliphatic carbocycles. The number of ether oxygens (including phenoxy) is 1. The first-order chi connectivity index (χ1) is 11.8. The molecule has 3 heterocycles. The standard InChI is InChI=1S/C19H30N4O/c1-20-18(23-11-5-14(13-23)22-9-2-3-10-22)21-16-15-6-12-24-17(15)19(16)7-4-8-19/h2-3,14-17H,4-13H2,1H3,(H,20,21). The lowest BCUT2D eigenvalue weighted by Crippen LogP contribution is -2.72. The molecule has 5 rings (SSSR count). The van der Waals surface area contributed by atoms with Gasteiger partial charge in [0.15, 0.2) is 5.96 Å². The summed E-state index contributed by atoms with van der Waals surface area (Å²) in [6.45, 7) is 5.45. The third kappa shape index (κ3) is 2.10. The van der Waals surface area contributed by atoms with E-state index in [2.05, 4.69) is 32.3 Å². The van der Waals surface area contributed by atoms with Crippen LogP contribution < -0.4 is 5.32 Å². The summed E-state index contributed by atoms with van der Waals surface area (Å²) in [5.74, 6) is 1.84. The zero-order chi connectivity index (χ0) is 16.1. The molecule has 1 N–H and O–H groups in total. The summed E-state index contributed by atoms with van der Waals surface area (Å²) in [5.41, 5.74) is 0.426. The predicted octanol–water partition coefficient (Wildman–Crippen LogP) is 1.47. The first kappa shape index (κ1) is 15.2. The fraction of sp³-hybridized carbons (Fsp3) is 0.842. The second-order valence-corrected chi connectivity index (χ2v) is 8.31. The summed E-state index contributed by atoms with van der Waals surface area (Å²) < 4.78 is 6.06. The Kier molecular flexibility index (Phi) is 3.63. The van der Waals surface area contributed by atoms with Crippen molar-refractivity contribution in [3.05, 3.63) is 12.2 Å². The molecule has 4 atom stereocenters. The third-order valence-electron chi connectivity index (χ3n) is 7.36. The maximum Gasteiger partial charge on any atom is 0.193 e. The molecule has 132 valence electrons. The molecule has 0 bridgehead atoms. The second-order valence-electron chi connectivity index (χ2n) is 8.31. The Bertz CT molecular complexity index is 548. The normalized spacial score (nSPS) is 40.7. The number of hydrogen-bond acceptors (Lipinski definition) is 3. The van der Waals surface area contributed by atoms with Gasteiger partial charge in [-0.05, 0) is 25.7 Å². The third-order valence-corrected chi connectivity index (χ3v) is 7.36. The fourth-order valence-corrected chi connectivity index (χ4v) is 5.92. The van der Waals surface area contributed by atoms with E-state index in [1.165, 1.54) is 32.1 Å². The van der Waals surface area contributed by atoms with E-state index in [0.29, 0.717) is 29.5 Å². The lowest BCUT2D eigenvalue weighted by molar-refractivity contribution is -0.171. The molecule has 0 aromatic heterocycles. The van der Waals surface area contributed by atoms with E-state index < -0.39 is 0 Å². The molecule has 3 aliphatic heterocycles. The van der Waals surface area contributed by atoms with E-state index in [-0.39, 0.29) is 0 Å². The van der Waals surface area contributed by atoms with Crippen molar-refractivity contribution in [2.75, 3.05) is 39.8 Å². The molecule has 5 aliphatic rings. The van der Waals surface area contributed by atoms with E-state index in [9.17, 15) is 0 Å². The van der Waals surface area contributed by atoms with Crippen LogP contribution in [-0.4, -0.2) is 73.8 Å². The molecule has 5 heteroatoms. The van der Waals surface area contributed by atoms with Gasteiger partial charge < -0.3 is 15.0 Å². The van der Waals surface area contributed by atoms with Crippen LogP contribution in [0.4, 0.5) is 0 Å². The van der Waals surface area contributed by atoms with E-state index in [1.807, 2.05) is 7.05 Å². The molecule has 2 saturated heterocycles. The molecule has 0 amide bonds. The molecular formula is C19H30N4O. The number of nitrogens with one attached hydrogen (secondary N) is 1. The zero-order valence-electron chi connectivity index (χ0n) is 14.8. The van der Waals surface area contributed by atoms with Gasteiger partial charge in [0.1, 0.15) is 0 Å². The van der Waals surface area contributed by atoms with Gasteiger partial charge in [0.25, 0.3) is 0 Å². The van der Waals surface area contributed by atoms with E-state index in [0.717, 1.165) is 38.7 Å². The molecule has 2 saturated carbocycles. The molecule has 0 radical (unpaired) electrons. The minimum atomic E-state index is 0.426. The van der Waals surface area contributed by atoms with E-state index in [4.69, 9.17) is 4.74 Å². The van der Waals surface area contributed by atoms with Gasteiger partial charge >= 0.3 is 0 Å². The predicted molar refractivity (Wildman–Crippen MR) is 95.1 cm³/mol. The van der Waals surface area contributed by atoms with Crippen LogP contribution in [0.3, 0.4) is 0 Å². The highest BCUT2D eigenvalue weighted by Gasteiger charge is 2.66. The van der Waals surface area contributed by atoms with Crippen LogP contribution in [-0.2, 0) is 4.74 Å². The van der Waals surface area contributed by atoms with Crippen LogP contribution in [0.2, 0.25) is 0 Å². The van der Waals surface area contributed by atoms with Crippen LogP contribution in [0.25, 0.3) is 0 Å². The highest BCUT2D eigenvalue weighted by Crippen LogP contribution is 2.62. The van der Waals surface area contributed by atoms with Crippen LogP contribution >= 0.6 is 0 Å². The minimum absolute atomic E-state index is 0.426. The summed E-state index contributed by atoms with van der Waals surface area (Å²) in [4.78, 5) is 9.72. The smallest absolute Gasteiger partial charge is 0.193 e. The quantitative estimate of drug-likeness (QED) is 0.473. The molecule has 4 unspecified atom stereocenters. The van der Waals surface area contributed by atoms with Gasteiger partial charge in [-0.2, -0.15) is 0 Å². The maximum atomic E-state index is 6.06. The van der Waals surface area contributed by atoms with Crippen molar-refractivity contribution in [2.45, 2.75) is 50.3 Å². The molecule has 4 fully saturated rings. The zero-order valence-corrected chi connectivity index (χ0v) is 14.8. The van der Waals surface area contributed by atoms with Gasteiger partial charge in [0, 0.05) is 63.3 Å². The lowest BCUT2D eigenvalue weighted by atomic mass is 9.46. The van der Waals surface area contributed by atoms with Gasteiger partial charge in [-0.1, -0.05) is 18.6 Å². The van der Waals surface area contributed by atoms with Gasteiger partial charge in [0.2, 0.25) is 0 Å². The minimum Gasteiger partial charge on any atom is -0.377 e. The topological polar surface area (TPSA) is 40.1 Å². The number of guanidine groups is 1. The maximum absolute atomic E-state index is 6.06. The Morgan fingerprint density at radius 3 is 2.79 bits per heavy atom. The number of aliphatic imine (C=N–C) groups is 1. The average molecular weight is 330 g/mol. The largest absolute Gasteiger partial charge is 0.377 e. The first-order valence-corrected chi connectivity index (χ1v) is 9.81. The molecule has 24 heavy (non-hydrogen) atoms. The average Bonchev–Trinajstić information content (AvgIpc) is 3.27. The number of likely N-dealkylation sites (tertiary alicyclic amines) is 1. The Morgan fingerprint density at radius 2 is 2.08 bits per heavy atom. The molecule has 0 aromatic carbocycles. The van der Waals surface area contributed by atoms with E-state index in [1.54, 1.807) is 0 Å². The Morgan fingerprint density at radius 1 is 1.25 bits per heavy atom. The molecular weight excluding hydrogens is 300 g/mol. The summed E-state index contributed by atoms with van der Waals surface area (Å²) in [6.07, 6.45) is 11.7. The Labute approximate surface area is 145 Å². The summed E-state index contributed by atoms with van der Waals surface area (Å²) in [5, 5.41) is 3.88. The summed E-state index contributed by atoms with van der Waals surface area (Å²) in [6, 6.07) is 1.27.